The van der Waals surface area contributed by atoms with E-state index in [1.165, 1.54) is 80.1 Å². The first-order valence-corrected chi connectivity index (χ1v) is 45.4. The van der Waals surface area contributed by atoms with Crippen LogP contribution in [-0.4, -0.2) is 0 Å². The van der Waals surface area contributed by atoms with E-state index < -0.39 is 0 Å². The summed E-state index contributed by atoms with van der Waals surface area (Å²) >= 11 is 26.3. The largest absolute Gasteiger partial charge is 0.152 e. The van der Waals surface area contributed by atoms with Crippen LogP contribution in [0.2, 0.25) is 0 Å². The van der Waals surface area contributed by atoms with Gasteiger partial charge >= 0.3 is 0 Å². The van der Waals surface area contributed by atoms with Gasteiger partial charge in [0, 0.05) is 15.3 Å². The normalized spacial score (nSPS) is 12.6. The van der Waals surface area contributed by atoms with E-state index in [9.17, 15) is 0 Å². The van der Waals surface area contributed by atoms with Crippen molar-refractivity contribution in [2.24, 2.45) is 66.5 Å². The zero-order valence-electron chi connectivity index (χ0n) is 74.3. The molecule has 0 nitrogen and oxygen atoms in total. The number of hydrogen-bond acceptors (Lipinski definition) is 5. The van der Waals surface area contributed by atoms with Crippen LogP contribution in [0.5, 0.6) is 0 Å². The number of allylic oxidation sites excluding steroid dienone is 1. The van der Waals surface area contributed by atoms with Crippen molar-refractivity contribution in [3.63, 3.8) is 0 Å². The highest BCUT2D eigenvalue weighted by Crippen LogP contribution is 2.46. The van der Waals surface area contributed by atoms with E-state index in [1.54, 1.807) is 34.0 Å². The van der Waals surface area contributed by atoms with Crippen molar-refractivity contribution in [3.05, 3.63) is 110 Å². The molecule has 0 aromatic carbocycles. The maximum Gasteiger partial charge on any atom is 0.0782 e. The monoisotopic (exact) mass is 1800 g/mol. The van der Waals surface area contributed by atoms with Crippen LogP contribution in [-0.2, 0) is 21.7 Å². The molecule has 0 radical (unpaired) electrons. The summed E-state index contributed by atoms with van der Waals surface area (Å²) < 4.78 is 5.98. The lowest BCUT2D eigenvalue weighted by molar-refractivity contribution is 0.0743. The first kappa shape index (κ1) is 112. The quantitative estimate of drug-likeness (QED) is 0.159. The predicted octanol–water partition coefficient (Wildman–Crippen LogP) is 38.4. The lowest BCUT2D eigenvalue weighted by Crippen LogP contribution is -2.33. The molecule has 100 heavy (non-hydrogen) atoms. The number of hydrogen-bond donors (Lipinski definition) is 0. The van der Waals surface area contributed by atoms with E-state index in [4.69, 9.17) is 0 Å². The van der Waals surface area contributed by atoms with E-state index in [2.05, 4.69) is 469 Å². The van der Waals surface area contributed by atoms with E-state index >= 15 is 0 Å². The third kappa shape index (κ3) is 76.8. The Balaban J connectivity index is -0.000000245. The highest BCUT2D eigenvalue weighted by Gasteiger charge is 2.36. The predicted molar refractivity (Wildman–Crippen MR) is 497 cm³/mol. The van der Waals surface area contributed by atoms with Gasteiger partial charge in [0.05, 0.1) is 18.9 Å². The van der Waals surface area contributed by atoms with Crippen molar-refractivity contribution in [2.75, 3.05) is 0 Å². The van der Waals surface area contributed by atoms with Gasteiger partial charge in [-0.25, -0.2) is 0 Å². The fourth-order valence-corrected chi connectivity index (χ4v) is 18.5. The van der Waals surface area contributed by atoms with Crippen molar-refractivity contribution in [1.82, 2.24) is 0 Å². The molecule has 590 valence electrons. The molecule has 0 spiro atoms. The summed E-state index contributed by atoms with van der Waals surface area (Å²) in [5.74, 6) is 2.55. The van der Waals surface area contributed by atoms with Crippen LogP contribution in [0.25, 0.3) is 6.08 Å². The van der Waals surface area contributed by atoms with E-state index in [0.29, 0.717) is 59.6 Å². The number of rotatable bonds is 6. The zero-order valence-corrected chi connectivity index (χ0v) is 86.3. The van der Waals surface area contributed by atoms with Crippen LogP contribution in [0, 0.1) is 66.5 Å². The van der Waals surface area contributed by atoms with Crippen LogP contribution in [0.4, 0.5) is 0 Å². The molecule has 5 rings (SSSR count). The van der Waals surface area contributed by atoms with Crippen molar-refractivity contribution >= 4 is 142 Å². The fourth-order valence-electron chi connectivity index (χ4n) is 9.22. The third-order valence-corrected chi connectivity index (χ3v) is 22.4. The van der Waals surface area contributed by atoms with Gasteiger partial charge in [-0.05, 0) is 257 Å². The molecule has 0 bridgehead atoms. The van der Waals surface area contributed by atoms with Gasteiger partial charge in [0.2, 0.25) is 0 Å². The Morgan fingerprint density at radius 1 is 0.410 bits per heavy atom. The Bertz CT molecular complexity index is 2710. The number of thiophene rings is 5. The van der Waals surface area contributed by atoms with Gasteiger partial charge in [0.15, 0.2) is 0 Å². The topological polar surface area (TPSA) is 0 Å². The number of halogens is 5. The van der Waals surface area contributed by atoms with Gasteiger partial charge in [0.25, 0.3) is 0 Å². The molecule has 0 fully saturated rings. The molecule has 10 heteroatoms. The molecule has 0 atom stereocenters. The maximum absolute atomic E-state index is 3.54. The molecule has 5 aromatic heterocycles. The lowest BCUT2D eigenvalue weighted by Gasteiger charge is -2.43. The molecule has 0 aliphatic carbocycles. The summed E-state index contributed by atoms with van der Waals surface area (Å²) in [6.07, 6.45) is 12.4. The maximum atomic E-state index is 3.54. The van der Waals surface area contributed by atoms with E-state index in [0.717, 1.165) is 21.5 Å². The molecule has 0 aliphatic rings. The highest BCUT2D eigenvalue weighted by molar-refractivity contribution is 9.12. The lowest BCUT2D eigenvalue weighted by atomic mass is 9.63. The SMILES string of the molecule is CC(C)(C)/C=C/c1cc(Br)sc1Br.CC(C)(C)C.CC(C)(C)CC(C)(C)C.CC(C)(C)CC(C)(C)C(C)(C)C.CC(C)(C)c1cc(Br)sc1Br.CC(C)(C)c1ccc(Br)s1.CC(C)(C)c1cccs1.CC(C)(C)c1ccsc1.CC(C)C.CC(C)CC(C)(C)C.CC(C)CCCC(C)(C)C. The van der Waals surface area contributed by atoms with Crippen LogP contribution in [0.3, 0.4) is 0 Å². The van der Waals surface area contributed by atoms with Gasteiger partial charge in [0.1, 0.15) is 0 Å². The Morgan fingerprint density at radius 3 is 1.00 bits per heavy atom. The van der Waals surface area contributed by atoms with Crippen LogP contribution in [0.15, 0.2) is 83.6 Å². The van der Waals surface area contributed by atoms with Crippen molar-refractivity contribution < 1.29 is 0 Å². The smallest absolute Gasteiger partial charge is 0.0782 e. The molecular weight excluding hydrogens is 1640 g/mol. The molecule has 5 aromatic rings. The van der Waals surface area contributed by atoms with Gasteiger partial charge in [-0.2, -0.15) is 11.3 Å². The highest BCUT2D eigenvalue weighted by atomic mass is 79.9. The second-order valence-corrected chi connectivity index (χ2v) is 54.9. The van der Waals surface area contributed by atoms with Crippen LogP contribution >= 0.6 is 136 Å². The summed E-state index contributed by atoms with van der Waals surface area (Å²) in [6.45, 7) is 104. The van der Waals surface area contributed by atoms with Gasteiger partial charge < -0.3 is 0 Å². The van der Waals surface area contributed by atoms with Gasteiger partial charge in [-0.3, -0.25) is 0 Å². The second kappa shape index (κ2) is 49.0. The van der Waals surface area contributed by atoms with Gasteiger partial charge in [-0.15, -0.1) is 45.3 Å². The molecule has 0 aliphatic heterocycles. The molecular formula is C90H165Br5S5. The van der Waals surface area contributed by atoms with E-state index in [-0.39, 0.29) is 10.8 Å². The van der Waals surface area contributed by atoms with Crippen molar-refractivity contribution in [3.8, 4) is 0 Å². The summed E-state index contributed by atoms with van der Waals surface area (Å²) in [7, 11) is 0. The summed E-state index contributed by atoms with van der Waals surface area (Å²) in [4.78, 5) is 2.89. The Labute approximate surface area is 690 Å². The summed E-state index contributed by atoms with van der Waals surface area (Å²) in [6, 6.07) is 15.0. The van der Waals surface area contributed by atoms with Crippen molar-refractivity contribution in [2.45, 2.75) is 379 Å². The molecule has 0 saturated heterocycles. The average Bonchev–Trinajstić information content (AvgIpc) is 0.923. The van der Waals surface area contributed by atoms with Crippen molar-refractivity contribution in [1.29, 1.82) is 0 Å². The Morgan fingerprint density at radius 2 is 0.830 bits per heavy atom. The van der Waals surface area contributed by atoms with Gasteiger partial charge in [-0.1, -0.05) is 350 Å². The van der Waals surface area contributed by atoms with E-state index in [1.807, 2.05) is 22.7 Å². The Kier molecular flexibility index (Phi) is 54.7. The molecule has 5 heterocycles. The molecule has 0 unspecified atom stereocenters. The molecule has 0 amide bonds. The first-order chi connectivity index (χ1) is 43.7. The minimum Gasteiger partial charge on any atom is -0.152 e. The summed E-state index contributed by atoms with van der Waals surface area (Å²) in [5.41, 5.74) is 9.30. The first-order valence-electron chi connectivity index (χ1n) is 37.2. The Hall–Kier alpha value is 0.640. The minimum atomic E-state index is 0.237. The second-order valence-electron chi connectivity index (χ2n) is 43.2. The van der Waals surface area contributed by atoms with Crippen LogP contribution in [0.1, 0.15) is 383 Å². The third-order valence-electron chi connectivity index (χ3n) is 13.7. The van der Waals surface area contributed by atoms with Crippen LogP contribution < -0.4 is 0 Å². The molecule has 0 saturated carbocycles. The average molecular weight is 1810 g/mol. The standard InChI is InChI=1S/C12H26.C10H12Br2S.C10H22.C9H20.C8H10Br2S.C8H11BrS.2C8H12S.C8H18.C5H12.C4H10/c1-10(2,3)9-12(7,8)11(4,5)6;1-10(2,3)5-4-7-6-8(11)13-9(7)12;1-9(2)7-6-8-10(3,4)5;1-8(2,3)7-9(4,5)6;1-8(2,3)5-4-6(9)11-7(5)10;1-8(2,3)6-4-5-7(9)10-6;1-8(2,3)7-4-5-9-6-7;1-8(2,3)7-5-4-6-9-7;1-7(2)6-8(3,4)5;1-5(2,3)4;1-4(2)3/h9H2,1-8H3;4-6H,1-3H3;9H,6-8H2,1-5H3;7H2,1-6H3;4H,1-3H3;4-5H,1-3H3;2*4-6H,1-3H3;7H,6H2,1-5H3;1-4H3;4H,1-3H3/b;5-4+;;;;;;;;;. The molecule has 0 N–H and O–H groups in total. The summed E-state index contributed by atoms with van der Waals surface area (Å²) in [5, 5.41) is 6.46. The minimum absolute atomic E-state index is 0.237. The zero-order chi connectivity index (χ0) is 81.3. The fraction of sp³-hybridized carbons (Fsp3) is 0.756.